The van der Waals surface area contributed by atoms with E-state index in [-0.39, 0.29) is 29.1 Å². The van der Waals surface area contributed by atoms with Gasteiger partial charge in [-0.2, -0.15) is 0 Å². The van der Waals surface area contributed by atoms with E-state index in [9.17, 15) is 14.4 Å². The molecular formula is C24H32N2O4. The van der Waals surface area contributed by atoms with Gasteiger partial charge in [0, 0.05) is 44.4 Å². The summed E-state index contributed by atoms with van der Waals surface area (Å²) in [6.07, 6.45) is 1.94. The molecule has 1 spiro atoms. The third kappa shape index (κ3) is 3.61. The van der Waals surface area contributed by atoms with Crippen LogP contribution in [0.25, 0.3) is 0 Å². The van der Waals surface area contributed by atoms with Crippen LogP contribution in [0.5, 0.6) is 5.75 Å². The number of nitrogens with zero attached hydrogens (tertiary/aromatic N) is 2. The standard InChI is InChI=1S/C24H32N2O4/c1-15-10-16(2)21-18(11-15)19(27)13-24(30-21)6-8-25(9-7-24)22(29)17-12-20(28)26(14-17)23(3,4)5/h10-11,17H,6-9,12-14H2,1-5H3. The summed E-state index contributed by atoms with van der Waals surface area (Å²) in [6.45, 7) is 11.6. The van der Waals surface area contributed by atoms with E-state index in [1.807, 2.05) is 56.6 Å². The minimum atomic E-state index is -0.524. The number of ether oxygens (including phenoxy) is 1. The van der Waals surface area contributed by atoms with Gasteiger partial charge < -0.3 is 14.5 Å². The van der Waals surface area contributed by atoms with Crippen molar-refractivity contribution in [2.24, 2.45) is 5.92 Å². The number of likely N-dealkylation sites (tertiary alicyclic amines) is 2. The number of amides is 2. The summed E-state index contributed by atoms with van der Waals surface area (Å²) in [6, 6.07) is 3.95. The zero-order chi connectivity index (χ0) is 21.8. The second kappa shape index (κ2) is 7.10. The molecule has 0 saturated carbocycles. The van der Waals surface area contributed by atoms with Gasteiger partial charge in [0.2, 0.25) is 11.8 Å². The van der Waals surface area contributed by atoms with E-state index < -0.39 is 5.60 Å². The number of ketones is 1. The molecule has 6 nitrogen and oxygen atoms in total. The van der Waals surface area contributed by atoms with Crippen LogP contribution in [0.1, 0.15) is 67.9 Å². The van der Waals surface area contributed by atoms with Crippen molar-refractivity contribution in [1.29, 1.82) is 0 Å². The first-order valence-corrected chi connectivity index (χ1v) is 10.9. The highest BCUT2D eigenvalue weighted by molar-refractivity contribution is 6.01. The van der Waals surface area contributed by atoms with E-state index >= 15 is 0 Å². The number of aryl methyl sites for hydroxylation is 2. The number of Topliss-reactive ketones (excluding diaryl/α,β-unsaturated/α-hetero) is 1. The number of fused-ring (bicyclic) bond motifs is 1. The van der Waals surface area contributed by atoms with Crippen LogP contribution in [0.3, 0.4) is 0 Å². The molecule has 0 bridgehead atoms. The Kier molecular flexibility index (Phi) is 4.94. The van der Waals surface area contributed by atoms with E-state index in [1.165, 1.54) is 0 Å². The van der Waals surface area contributed by atoms with Gasteiger partial charge in [-0.3, -0.25) is 14.4 Å². The molecule has 2 amide bonds. The molecule has 2 fully saturated rings. The molecule has 1 unspecified atom stereocenters. The molecular weight excluding hydrogens is 380 g/mol. The average Bonchev–Trinajstić information content (AvgIpc) is 3.05. The maximum Gasteiger partial charge on any atom is 0.227 e. The summed E-state index contributed by atoms with van der Waals surface area (Å²) in [7, 11) is 0. The molecule has 162 valence electrons. The molecule has 1 atom stereocenters. The second-order valence-electron chi connectivity index (χ2n) is 10.2. The molecule has 0 N–H and O–H groups in total. The number of piperidine rings is 1. The summed E-state index contributed by atoms with van der Waals surface area (Å²) >= 11 is 0. The zero-order valence-corrected chi connectivity index (χ0v) is 18.7. The fraction of sp³-hybridized carbons (Fsp3) is 0.625. The van der Waals surface area contributed by atoms with Crippen LogP contribution in [0.2, 0.25) is 0 Å². The minimum absolute atomic E-state index is 0.0536. The largest absolute Gasteiger partial charge is 0.486 e. The van der Waals surface area contributed by atoms with E-state index in [1.54, 1.807) is 0 Å². The van der Waals surface area contributed by atoms with Gasteiger partial charge in [-0.05, 0) is 51.8 Å². The SMILES string of the molecule is Cc1cc(C)c2c(c1)C(=O)CC1(CCN(C(=O)C3CC(=O)N(C(C)(C)C)C3)CC1)O2. The third-order valence-corrected chi connectivity index (χ3v) is 6.79. The molecule has 3 aliphatic heterocycles. The van der Waals surface area contributed by atoms with Crippen molar-refractivity contribution >= 4 is 17.6 Å². The molecule has 6 heteroatoms. The number of carbonyl (C=O) groups is 3. The molecule has 30 heavy (non-hydrogen) atoms. The first kappa shape index (κ1) is 20.9. The van der Waals surface area contributed by atoms with Crippen LogP contribution >= 0.6 is 0 Å². The van der Waals surface area contributed by atoms with Crippen molar-refractivity contribution in [2.75, 3.05) is 19.6 Å². The maximum atomic E-state index is 13.1. The molecule has 0 aromatic heterocycles. The minimum Gasteiger partial charge on any atom is -0.486 e. The molecule has 4 rings (SSSR count). The predicted molar refractivity (Wildman–Crippen MR) is 114 cm³/mol. The summed E-state index contributed by atoms with van der Waals surface area (Å²) < 4.78 is 6.43. The van der Waals surface area contributed by atoms with Gasteiger partial charge in [0.15, 0.2) is 5.78 Å². The molecule has 3 aliphatic rings. The van der Waals surface area contributed by atoms with E-state index in [2.05, 4.69) is 0 Å². The normalized spacial score (nSPS) is 23.6. The van der Waals surface area contributed by atoms with Crippen LogP contribution < -0.4 is 4.74 Å². The van der Waals surface area contributed by atoms with Crippen molar-refractivity contribution in [3.05, 3.63) is 28.8 Å². The highest BCUT2D eigenvalue weighted by atomic mass is 16.5. The number of carbonyl (C=O) groups excluding carboxylic acids is 3. The van der Waals surface area contributed by atoms with Gasteiger partial charge in [-0.25, -0.2) is 0 Å². The highest BCUT2D eigenvalue weighted by Gasteiger charge is 2.46. The van der Waals surface area contributed by atoms with Crippen LogP contribution in [0.4, 0.5) is 0 Å². The van der Waals surface area contributed by atoms with Crippen molar-refractivity contribution in [3.8, 4) is 5.75 Å². The smallest absolute Gasteiger partial charge is 0.227 e. The number of hydrogen-bond donors (Lipinski definition) is 0. The summed E-state index contributed by atoms with van der Waals surface area (Å²) in [4.78, 5) is 42.0. The maximum absolute atomic E-state index is 13.1. The predicted octanol–water partition coefficient (Wildman–Crippen LogP) is 3.28. The Morgan fingerprint density at radius 1 is 1.13 bits per heavy atom. The lowest BCUT2D eigenvalue weighted by Gasteiger charge is -2.44. The second-order valence-corrected chi connectivity index (χ2v) is 10.2. The third-order valence-electron chi connectivity index (χ3n) is 6.79. The van der Waals surface area contributed by atoms with Gasteiger partial charge >= 0.3 is 0 Å². The summed E-state index contributed by atoms with van der Waals surface area (Å²) in [5.41, 5.74) is 1.95. The lowest BCUT2D eigenvalue weighted by atomic mass is 9.81. The number of benzene rings is 1. The van der Waals surface area contributed by atoms with Gasteiger partial charge in [0.25, 0.3) is 0 Å². The van der Waals surface area contributed by atoms with Crippen LogP contribution in [0, 0.1) is 19.8 Å². The topological polar surface area (TPSA) is 66.9 Å². The lowest BCUT2D eigenvalue weighted by Crippen LogP contribution is -2.53. The number of hydrogen-bond acceptors (Lipinski definition) is 4. The first-order valence-electron chi connectivity index (χ1n) is 10.9. The molecule has 2 saturated heterocycles. The molecule has 0 aliphatic carbocycles. The zero-order valence-electron chi connectivity index (χ0n) is 18.7. The van der Waals surface area contributed by atoms with Crippen LogP contribution in [-0.2, 0) is 9.59 Å². The number of rotatable bonds is 1. The first-order chi connectivity index (χ1) is 14.0. The lowest BCUT2D eigenvalue weighted by molar-refractivity contribution is -0.139. The Balaban J connectivity index is 1.44. The van der Waals surface area contributed by atoms with Crippen molar-refractivity contribution in [3.63, 3.8) is 0 Å². The molecule has 1 aromatic rings. The van der Waals surface area contributed by atoms with Crippen molar-refractivity contribution in [1.82, 2.24) is 9.80 Å². The van der Waals surface area contributed by atoms with E-state index in [0.717, 1.165) is 11.1 Å². The Morgan fingerprint density at radius 3 is 2.40 bits per heavy atom. The average molecular weight is 413 g/mol. The fourth-order valence-electron chi connectivity index (χ4n) is 5.13. The molecule has 1 aromatic carbocycles. The van der Waals surface area contributed by atoms with Gasteiger partial charge in [-0.15, -0.1) is 0 Å². The Bertz CT molecular complexity index is 907. The highest BCUT2D eigenvalue weighted by Crippen LogP contribution is 2.42. The van der Waals surface area contributed by atoms with Gasteiger partial charge in [-0.1, -0.05) is 6.07 Å². The van der Waals surface area contributed by atoms with Gasteiger partial charge in [0.05, 0.1) is 17.9 Å². The van der Waals surface area contributed by atoms with Crippen LogP contribution in [0.15, 0.2) is 12.1 Å². The monoisotopic (exact) mass is 412 g/mol. The summed E-state index contributed by atoms with van der Waals surface area (Å²) in [5.74, 6) is 0.673. The molecule has 3 heterocycles. The Labute approximate surface area is 178 Å². The van der Waals surface area contributed by atoms with Crippen molar-refractivity contribution < 1.29 is 19.1 Å². The van der Waals surface area contributed by atoms with E-state index in [4.69, 9.17) is 4.74 Å². The quantitative estimate of drug-likeness (QED) is 0.710. The Hall–Kier alpha value is -2.37. The van der Waals surface area contributed by atoms with Gasteiger partial charge in [0.1, 0.15) is 11.4 Å². The fourth-order valence-corrected chi connectivity index (χ4v) is 5.13. The van der Waals surface area contributed by atoms with Crippen molar-refractivity contribution in [2.45, 2.75) is 71.4 Å². The van der Waals surface area contributed by atoms with Crippen LogP contribution in [-0.4, -0.2) is 58.2 Å². The van der Waals surface area contributed by atoms with E-state index in [0.29, 0.717) is 56.6 Å². The molecule has 0 radical (unpaired) electrons. The Morgan fingerprint density at radius 2 is 1.80 bits per heavy atom. The summed E-state index contributed by atoms with van der Waals surface area (Å²) in [5, 5.41) is 0.